The topological polar surface area (TPSA) is 81.0 Å². The van der Waals surface area contributed by atoms with Gasteiger partial charge < -0.3 is 0 Å². The zero-order chi connectivity index (χ0) is 15.3. The summed E-state index contributed by atoms with van der Waals surface area (Å²) in [5, 5.41) is 10.9. The van der Waals surface area contributed by atoms with Crippen LogP contribution in [0, 0.1) is 0 Å². The number of sulfonamides is 1. The van der Waals surface area contributed by atoms with Gasteiger partial charge in [0.25, 0.3) is 0 Å². The van der Waals surface area contributed by atoms with Gasteiger partial charge in [-0.2, -0.15) is 4.31 Å². The zero-order valence-electron chi connectivity index (χ0n) is 12.2. The molecule has 0 N–H and O–H groups in total. The maximum absolute atomic E-state index is 12.7. The monoisotopic (exact) mass is 309 g/mol. The number of tetrazole rings is 1. The second kappa shape index (κ2) is 6.77. The predicted molar refractivity (Wildman–Crippen MR) is 78.5 cm³/mol. The van der Waals surface area contributed by atoms with E-state index in [1.165, 1.54) is 15.3 Å². The van der Waals surface area contributed by atoms with Crippen LogP contribution in [-0.2, 0) is 10.0 Å². The van der Waals surface area contributed by atoms with E-state index in [0.29, 0.717) is 18.8 Å². The van der Waals surface area contributed by atoms with Crippen molar-refractivity contribution < 1.29 is 8.42 Å². The molecule has 114 valence electrons. The van der Waals surface area contributed by atoms with E-state index in [0.717, 1.165) is 12.8 Å². The highest BCUT2D eigenvalue weighted by Crippen LogP contribution is 2.19. The van der Waals surface area contributed by atoms with Crippen LogP contribution < -0.4 is 0 Å². The predicted octanol–water partition coefficient (Wildman–Crippen LogP) is 1.47. The Morgan fingerprint density at radius 3 is 2.48 bits per heavy atom. The fraction of sp³-hybridized carbons (Fsp3) is 0.462. The van der Waals surface area contributed by atoms with Crippen molar-refractivity contribution >= 4 is 10.0 Å². The van der Waals surface area contributed by atoms with E-state index in [4.69, 9.17) is 0 Å². The van der Waals surface area contributed by atoms with Gasteiger partial charge in [-0.05, 0) is 41.5 Å². The van der Waals surface area contributed by atoms with Crippen LogP contribution in [0.1, 0.15) is 26.7 Å². The molecular formula is C13H19N5O2S. The molecule has 0 fully saturated rings. The number of nitrogens with zero attached hydrogens (tertiary/aromatic N) is 5. The van der Waals surface area contributed by atoms with Crippen LogP contribution in [0.4, 0.5) is 0 Å². The van der Waals surface area contributed by atoms with Crippen molar-refractivity contribution in [2.45, 2.75) is 31.6 Å². The summed E-state index contributed by atoms with van der Waals surface area (Å²) in [4.78, 5) is 0.261. The number of hydrogen-bond donors (Lipinski definition) is 0. The highest BCUT2D eigenvalue weighted by molar-refractivity contribution is 7.89. The van der Waals surface area contributed by atoms with Crippen molar-refractivity contribution in [2.75, 3.05) is 13.1 Å². The summed E-state index contributed by atoms with van der Waals surface area (Å²) in [6.07, 6.45) is 3.00. The van der Waals surface area contributed by atoms with Gasteiger partial charge in [0.15, 0.2) is 0 Å². The fourth-order valence-electron chi connectivity index (χ4n) is 2.07. The lowest BCUT2D eigenvalue weighted by molar-refractivity contribution is 0.410. The van der Waals surface area contributed by atoms with Crippen LogP contribution >= 0.6 is 0 Å². The Bertz CT molecular complexity index is 664. The molecule has 21 heavy (non-hydrogen) atoms. The highest BCUT2D eigenvalue weighted by atomic mass is 32.2. The van der Waals surface area contributed by atoms with Gasteiger partial charge in [-0.25, -0.2) is 13.1 Å². The lowest BCUT2D eigenvalue weighted by Gasteiger charge is -2.21. The molecule has 2 rings (SSSR count). The molecule has 0 amide bonds. The lowest BCUT2D eigenvalue weighted by Crippen LogP contribution is -2.32. The minimum absolute atomic E-state index is 0.261. The Morgan fingerprint density at radius 1 is 1.19 bits per heavy atom. The van der Waals surface area contributed by atoms with Crippen molar-refractivity contribution in [3.63, 3.8) is 0 Å². The van der Waals surface area contributed by atoms with Crippen LogP contribution in [0.15, 0.2) is 35.5 Å². The second-order valence-corrected chi connectivity index (χ2v) is 6.59. The molecule has 0 aliphatic carbocycles. The van der Waals surface area contributed by atoms with E-state index in [9.17, 15) is 8.42 Å². The van der Waals surface area contributed by atoms with Crippen molar-refractivity contribution in [1.29, 1.82) is 0 Å². The quantitative estimate of drug-likeness (QED) is 0.773. The first-order chi connectivity index (χ1) is 10.1. The van der Waals surface area contributed by atoms with Gasteiger partial charge in [0.2, 0.25) is 10.0 Å². The van der Waals surface area contributed by atoms with Crippen molar-refractivity contribution in [1.82, 2.24) is 24.5 Å². The normalized spacial score (nSPS) is 12.0. The Labute approximate surface area is 124 Å². The van der Waals surface area contributed by atoms with Crippen LogP contribution in [0.25, 0.3) is 5.69 Å². The molecule has 1 aromatic heterocycles. The summed E-state index contributed by atoms with van der Waals surface area (Å²) in [6, 6.07) is 6.64. The number of rotatable bonds is 7. The molecular weight excluding hydrogens is 290 g/mol. The first-order valence-electron chi connectivity index (χ1n) is 6.93. The summed E-state index contributed by atoms with van der Waals surface area (Å²) in [7, 11) is -3.49. The molecule has 0 spiro atoms. The van der Waals surface area contributed by atoms with E-state index < -0.39 is 10.0 Å². The summed E-state index contributed by atoms with van der Waals surface area (Å²) in [5.74, 6) is 0. The molecule has 0 aliphatic rings. The third-order valence-corrected chi connectivity index (χ3v) is 4.91. The SMILES string of the molecule is CCCN(CCC)S(=O)(=O)c1cccc(-n2cnnn2)c1. The average Bonchev–Trinajstić information content (AvgIpc) is 3.01. The summed E-state index contributed by atoms with van der Waals surface area (Å²) in [5.41, 5.74) is 0.619. The Kier molecular flexibility index (Phi) is 5.03. The van der Waals surface area contributed by atoms with Crippen molar-refractivity contribution in [2.24, 2.45) is 0 Å². The fourth-order valence-corrected chi connectivity index (χ4v) is 3.73. The maximum Gasteiger partial charge on any atom is 0.243 e. The van der Waals surface area contributed by atoms with Gasteiger partial charge in [0.05, 0.1) is 10.6 Å². The second-order valence-electron chi connectivity index (χ2n) is 4.66. The molecule has 1 aromatic carbocycles. The summed E-state index contributed by atoms with van der Waals surface area (Å²) < 4.78 is 28.4. The molecule has 2 aromatic rings. The molecule has 0 aliphatic heterocycles. The highest BCUT2D eigenvalue weighted by Gasteiger charge is 2.23. The first-order valence-corrected chi connectivity index (χ1v) is 8.37. The van der Waals surface area contributed by atoms with Crippen LogP contribution in [0.2, 0.25) is 0 Å². The molecule has 7 nitrogen and oxygen atoms in total. The Morgan fingerprint density at radius 2 is 1.90 bits per heavy atom. The number of hydrogen-bond acceptors (Lipinski definition) is 5. The van der Waals surface area contributed by atoms with E-state index in [1.807, 2.05) is 13.8 Å². The van der Waals surface area contributed by atoms with Gasteiger partial charge in [-0.3, -0.25) is 0 Å². The van der Waals surface area contributed by atoms with Gasteiger partial charge in [-0.1, -0.05) is 19.9 Å². The molecule has 8 heteroatoms. The summed E-state index contributed by atoms with van der Waals surface area (Å²) in [6.45, 7) is 4.97. The minimum atomic E-state index is -3.49. The van der Waals surface area contributed by atoms with Crippen LogP contribution in [0.5, 0.6) is 0 Å². The van der Waals surface area contributed by atoms with Crippen molar-refractivity contribution in [3.05, 3.63) is 30.6 Å². The van der Waals surface area contributed by atoms with Gasteiger partial charge in [0, 0.05) is 13.1 Å². The molecule has 0 atom stereocenters. The van der Waals surface area contributed by atoms with Gasteiger partial charge >= 0.3 is 0 Å². The molecule has 0 radical (unpaired) electrons. The third-order valence-electron chi connectivity index (χ3n) is 3.01. The zero-order valence-corrected chi connectivity index (χ0v) is 13.0. The minimum Gasteiger partial charge on any atom is -0.207 e. The average molecular weight is 309 g/mol. The Balaban J connectivity index is 2.37. The molecule has 0 saturated carbocycles. The van der Waals surface area contributed by atoms with E-state index >= 15 is 0 Å². The van der Waals surface area contributed by atoms with Gasteiger partial charge in [-0.15, -0.1) is 5.10 Å². The van der Waals surface area contributed by atoms with E-state index in [-0.39, 0.29) is 4.90 Å². The van der Waals surface area contributed by atoms with Crippen LogP contribution in [-0.4, -0.2) is 46.0 Å². The van der Waals surface area contributed by atoms with Crippen LogP contribution in [0.3, 0.4) is 0 Å². The van der Waals surface area contributed by atoms with E-state index in [2.05, 4.69) is 15.5 Å². The number of aromatic nitrogens is 4. The number of benzene rings is 1. The van der Waals surface area contributed by atoms with E-state index in [1.54, 1.807) is 24.3 Å². The standard InChI is InChI=1S/C13H19N5O2S/c1-3-8-17(9-4-2)21(19,20)13-7-5-6-12(10-13)18-11-14-15-16-18/h5-7,10-11H,3-4,8-9H2,1-2H3. The molecule has 1 heterocycles. The van der Waals surface area contributed by atoms with Gasteiger partial charge in [0.1, 0.15) is 6.33 Å². The third kappa shape index (κ3) is 3.45. The smallest absolute Gasteiger partial charge is 0.207 e. The maximum atomic E-state index is 12.7. The van der Waals surface area contributed by atoms with Crippen molar-refractivity contribution in [3.8, 4) is 5.69 Å². The molecule has 0 saturated heterocycles. The summed E-state index contributed by atoms with van der Waals surface area (Å²) >= 11 is 0. The first kappa shape index (κ1) is 15.6. The Hall–Kier alpha value is -1.80. The lowest BCUT2D eigenvalue weighted by atomic mass is 10.3. The molecule has 0 bridgehead atoms. The molecule has 0 unspecified atom stereocenters. The largest absolute Gasteiger partial charge is 0.243 e.